The minimum Gasteiger partial charge on any atom is -0.295 e. The van der Waals surface area contributed by atoms with Crippen molar-refractivity contribution in [3.63, 3.8) is 0 Å². The maximum Gasteiger partial charge on any atom is 0.446 e. The van der Waals surface area contributed by atoms with Gasteiger partial charge in [0.25, 0.3) is 0 Å². The van der Waals surface area contributed by atoms with Crippen molar-refractivity contribution in [2.75, 3.05) is 6.26 Å². The third-order valence-corrected chi connectivity index (χ3v) is 3.53. The van der Waals surface area contributed by atoms with Crippen LogP contribution in [0.1, 0.15) is 23.1 Å². The summed E-state index contributed by atoms with van der Waals surface area (Å²) in [6.45, 7) is 1.54. The van der Waals surface area contributed by atoms with Crippen molar-refractivity contribution in [2.24, 2.45) is 0 Å². The van der Waals surface area contributed by atoms with Gasteiger partial charge in [-0.3, -0.25) is 13.5 Å². The van der Waals surface area contributed by atoms with Gasteiger partial charge in [-0.1, -0.05) is 16.8 Å². The van der Waals surface area contributed by atoms with Crippen molar-refractivity contribution >= 4 is 33.9 Å². The lowest BCUT2D eigenvalue weighted by molar-refractivity contribution is 0.102. The zero-order valence-electron chi connectivity index (χ0n) is 11.2. The summed E-state index contributed by atoms with van der Waals surface area (Å²) >= 11 is 5.76. The molecule has 0 radical (unpaired) electrons. The molecule has 1 unspecified atom stereocenters. The fourth-order valence-electron chi connectivity index (χ4n) is 1.73. The second-order valence-electron chi connectivity index (χ2n) is 4.20. The number of hydrogen-bond donors (Lipinski definition) is 0. The molecule has 110 valence electrons. The van der Waals surface area contributed by atoms with Crippen LogP contribution in [0.5, 0.6) is 0 Å². The first kappa shape index (κ1) is 15.4. The monoisotopic (exact) mass is 326 g/mol. The summed E-state index contributed by atoms with van der Waals surface area (Å²) in [5.74, 6) is -1.49. The SMILES string of the molecule is C/C(=C\S(C)=O)n1c(C(=O)c2ccc(Cl)cc2)noc1=O. The summed E-state index contributed by atoms with van der Waals surface area (Å²) in [6, 6.07) is 6.15. The molecule has 0 N–H and O–H groups in total. The highest BCUT2D eigenvalue weighted by Gasteiger charge is 2.21. The Morgan fingerprint density at radius 2 is 2.00 bits per heavy atom. The van der Waals surface area contributed by atoms with Gasteiger partial charge < -0.3 is 0 Å². The molecule has 0 aliphatic rings. The Labute approximate surface area is 127 Å². The predicted octanol–water partition coefficient (Wildman–Crippen LogP) is 1.92. The Kier molecular flexibility index (Phi) is 4.54. The molecular weight excluding hydrogens is 316 g/mol. The van der Waals surface area contributed by atoms with Gasteiger partial charge in [-0.15, -0.1) is 0 Å². The van der Waals surface area contributed by atoms with E-state index in [1.165, 1.54) is 23.8 Å². The third-order valence-electron chi connectivity index (χ3n) is 2.60. The molecule has 1 aromatic carbocycles. The summed E-state index contributed by atoms with van der Waals surface area (Å²) in [6.07, 6.45) is 1.45. The van der Waals surface area contributed by atoms with Crippen LogP contribution >= 0.6 is 11.6 Å². The molecule has 1 atom stereocenters. The quantitative estimate of drug-likeness (QED) is 0.802. The molecule has 0 aliphatic carbocycles. The normalized spacial score (nSPS) is 13.2. The smallest absolute Gasteiger partial charge is 0.295 e. The van der Waals surface area contributed by atoms with Crippen LogP contribution in [0.15, 0.2) is 39.0 Å². The van der Waals surface area contributed by atoms with E-state index in [9.17, 15) is 13.8 Å². The zero-order chi connectivity index (χ0) is 15.6. The van der Waals surface area contributed by atoms with E-state index in [0.29, 0.717) is 16.3 Å². The molecule has 0 spiro atoms. The first-order valence-corrected chi connectivity index (χ1v) is 7.80. The van der Waals surface area contributed by atoms with E-state index >= 15 is 0 Å². The van der Waals surface area contributed by atoms with Gasteiger partial charge >= 0.3 is 5.76 Å². The Morgan fingerprint density at radius 3 is 2.57 bits per heavy atom. The largest absolute Gasteiger partial charge is 0.446 e. The summed E-state index contributed by atoms with van der Waals surface area (Å²) in [7, 11) is -1.28. The number of benzene rings is 1. The lowest BCUT2D eigenvalue weighted by atomic mass is 10.1. The van der Waals surface area contributed by atoms with Crippen LogP contribution in [0.3, 0.4) is 0 Å². The van der Waals surface area contributed by atoms with E-state index in [4.69, 9.17) is 11.6 Å². The van der Waals surface area contributed by atoms with Gasteiger partial charge in [0.1, 0.15) is 0 Å². The molecule has 2 aromatic rings. The Morgan fingerprint density at radius 1 is 1.38 bits per heavy atom. The van der Waals surface area contributed by atoms with Gasteiger partial charge in [-0.2, -0.15) is 0 Å². The van der Waals surface area contributed by atoms with E-state index in [-0.39, 0.29) is 5.82 Å². The van der Waals surface area contributed by atoms with Gasteiger partial charge in [0, 0.05) is 38.7 Å². The Balaban J connectivity index is 2.51. The van der Waals surface area contributed by atoms with Crippen LogP contribution in [0.2, 0.25) is 5.02 Å². The summed E-state index contributed by atoms with van der Waals surface area (Å²) in [4.78, 5) is 24.0. The summed E-state index contributed by atoms with van der Waals surface area (Å²) in [5.41, 5.74) is 0.617. The molecule has 1 aromatic heterocycles. The number of halogens is 1. The average Bonchev–Trinajstić information content (AvgIpc) is 2.80. The maximum atomic E-state index is 12.4. The van der Waals surface area contributed by atoms with Crippen molar-refractivity contribution in [3.05, 3.63) is 56.6 Å². The molecule has 0 aliphatic heterocycles. The average molecular weight is 327 g/mol. The van der Waals surface area contributed by atoms with E-state index in [2.05, 4.69) is 9.68 Å². The predicted molar refractivity (Wildman–Crippen MR) is 79.7 cm³/mol. The number of hydrogen-bond acceptors (Lipinski definition) is 5. The molecule has 0 saturated carbocycles. The number of rotatable bonds is 4. The fourth-order valence-corrected chi connectivity index (χ4v) is 2.44. The molecule has 2 rings (SSSR count). The maximum absolute atomic E-state index is 12.4. The second-order valence-corrected chi connectivity index (χ2v) is 5.87. The first-order chi connectivity index (χ1) is 9.90. The minimum atomic E-state index is -1.28. The number of carbonyl (C=O) groups is 1. The number of ketones is 1. The number of carbonyl (C=O) groups excluding carboxylic acids is 1. The van der Waals surface area contributed by atoms with Crippen LogP contribution in [-0.2, 0) is 10.8 Å². The highest BCUT2D eigenvalue weighted by Crippen LogP contribution is 2.14. The molecule has 21 heavy (non-hydrogen) atoms. The third kappa shape index (κ3) is 3.37. The van der Waals surface area contributed by atoms with E-state index in [0.717, 1.165) is 4.57 Å². The van der Waals surface area contributed by atoms with Crippen LogP contribution in [0, 0.1) is 0 Å². The van der Waals surface area contributed by atoms with E-state index in [1.54, 1.807) is 19.1 Å². The van der Waals surface area contributed by atoms with Gasteiger partial charge in [0.2, 0.25) is 11.6 Å². The van der Waals surface area contributed by atoms with Gasteiger partial charge in [0.05, 0.1) is 0 Å². The fraction of sp³-hybridized carbons (Fsp3) is 0.154. The van der Waals surface area contributed by atoms with E-state index < -0.39 is 22.3 Å². The topological polar surface area (TPSA) is 82.2 Å². The number of allylic oxidation sites excluding steroid dienone is 1. The van der Waals surface area contributed by atoms with Crippen LogP contribution in [-0.4, -0.2) is 26.0 Å². The van der Waals surface area contributed by atoms with Gasteiger partial charge in [-0.05, 0) is 31.2 Å². The molecule has 6 nitrogen and oxygen atoms in total. The van der Waals surface area contributed by atoms with E-state index in [1.807, 2.05) is 0 Å². The van der Waals surface area contributed by atoms with Crippen molar-refractivity contribution in [1.82, 2.24) is 9.72 Å². The number of nitrogens with zero attached hydrogens (tertiary/aromatic N) is 2. The lowest BCUT2D eigenvalue weighted by Gasteiger charge is -2.03. The molecule has 0 amide bonds. The summed E-state index contributed by atoms with van der Waals surface area (Å²) < 4.78 is 16.7. The van der Waals surface area contributed by atoms with Crippen LogP contribution in [0.4, 0.5) is 0 Å². The molecule has 8 heteroatoms. The van der Waals surface area contributed by atoms with Gasteiger partial charge in [-0.25, -0.2) is 9.36 Å². The van der Waals surface area contributed by atoms with Crippen LogP contribution < -0.4 is 5.76 Å². The lowest BCUT2D eigenvalue weighted by Crippen LogP contribution is -2.19. The highest BCUT2D eigenvalue weighted by molar-refractivity contribution is 7.87. The highest BCUT2D eigenvalue weighted by atomic mass is 35.5. The molecule has 0 bridgehead atoms. The van der Waals surface area contributed by atoms with Crippen LogP contribution in [0.25, 0.3) is 5.70 Å². The van der Waals surface area contributed by atoms with Crippen molar-refractivity contribution < 1.29 is 13.5 Å². The van der Waals surface area contributed by atoms with Gasteiger partial charge in [0.15, 0.2) is 0 Å². The zero-order valence-corrected chi connectivity index (χ0v) is 12.8. The summed E-state index contributed by atoms with van der Waals surface area (Å²) in [5, 5.41) is 5.31. The standard InChI is InChI=1S/C13H11ClN2O4S/c1-8(7-21(2)19)16-12(15-20-13(16)18)11(17)9-3-5-10(14)6-4-9/h3-7H,1-2H3/b8-7+. The molecule has 0 saturated heterocycles. The second kappa shape index (κ2) is 6.19. The molecular formula is C13H11ClN2O4S. The minimum absolute atomic E-state index is 0.179. The Hall–Kier alpha value is -1.99. The van der Waals surface area contributed by atoms with Crippen molar-refractivity contribution in [3.8, 4) is 0 Å². The Bertz CT molecular complexity index is 789. The molecule has 0 fully saturated rings. The van der Waals surface area contributed by atoms with Crippen molar-refractivity contribution in [2.45, 2.75) is 6.92 Å². The number of aromatic nitrogens is 2. The first-order valence-electron chi connectivity index (χ1n) is 5.80. The van der Waals surface area contributed by atoms with Crippen molar-refractivity contribution in [1.29, 1.82) is 0 Å². The molecule has 1 heterocycles.